The first-order valence-corrected chi connectivity index (χ1v) is 7.75. The Labute approximate surface area is 133 Å². The topological polar surface area (TPSA) is 49.8 Å². The van der Waals surface area contributed by atoms with Gasteiger partial charge in [-0.05, 0) is 25.0 Å². The molecule has 6 heteroatoms. The normalized spacial score (nSPS) is 28.1. The van der Waals surface area contributed by atoms with E-state index in [9.17, 15) is 9.90 Å². The number of ether oxygens (including phenoxy) is 1. The van der Waals surface area contributed by atoms with Crippen LogP contribution >= 0.6 is 23.2 Å². The fourth-order valence-electron chi connectivity index (χ4n) is 3.54. The maximum absolute atomic E-state index is 12.2. The summed E-state index contributed by atoms with van der Waals surface area (Å²) >= 11 is 12.5. The lowest BCUT2D eigenvalue weighted by Gasteiger charge is -2.19. The Morgan fingerprint density at radius 3 is 2.76 bits per heavy atom. The van der Waals surface area contributed by atoms with Gasteiger partial charge in [0.15, 0.2) is 0 Å². The summed E-state index contributed by atoms with van der Waals surface area (Å²) in [6, 6.07) is 3.71. The molecule has 3 atom stereocenters. The van der Waals surface area contributed by atoms with E-state index in [0.717, 1.165) is 12.0 Å². The first-order valence-electron chi connectivity index (χ1n) is 7.00. The molecule has 0 spiro atoms. The van der Waals surface area contributed by atoms with Crippen LogP contribution < -0.4 is 4.74 Å². The molecular formula is C15H17Cl2NO3. The number of rotatable bonds is 3. The smallest absolute Gasteiger partial charge is 0.228 e. The number of carbonyl (C=O) groups is 1. The second kappa shape index (κ2) is 5.67. The first kappa shape index (κ1) is 14.9. The molecule has 0 aromatic heterocycles. The lowest BCUT2D eigenvalue weighted by molar-refractivity contribution is -0.132. The fraction of sp³-hybridized carbons (Fsp3) is 0.533. The molecule has 1 N–H and O–H groups in total. The number of carbonyl (C=O) groups excluding carboxylic acids is 1. The van der Waals surface area contributed by atoms with E-state index in [4.69, 9.17) is 27.9 Å². The lowest BCUT2D eigenvalue weighted by Crippen LogP contribution is -2.30. The van der Waals surface area contributed by atoms with Gasteiger partial charge in [0.1, 0.15) is 5.75 Å². The van der Waals surface area contributed by atoms with Gasteiger partial charge in [-0.2, -0.15) is 0 Å². The van der Waals surface area contributed by atoms with Crippen molar-refractivity contribution in [2.45, 2.75) is 24.8 Å². The number of fused-ring (bicyclic) bond motifs is 1. The van der Waals surface area contributed by atoms with Crippen molar-refractivity contribution in [1.29, 1.82) is 0 Å². The van der Waals surface area contributed by atoms with Crippen molar-refractivity contribution >= 4 is 29.1 Å². The summed E-state index contributed by atoms with van der Waals surface area (Å²) in [5, 5.41) is 10.2. The predicted molar refractivity (Wildman–Crippen MR) is 81.1 cm³/mol. The Kier molecular flexibility index (Phi) is 4.04. The number of methoxy groups -OCH3 is 1. The minimum Gasteiger partial charge on any atom is -0.496 e. The standard InChI is InChI=1S/C15H17Cl2NO3/c1-21-12-3-2-11(16)14(17)13(12)8-4-10-5-9(7-19)15(20)18(10)6-8/h2-3,8-10,19H,4-7H2,1H3/t8-,9?,10-/m0/s1. The zero-order valence-electron chi connectivity index (χ0n) is 11.7. The second-order valence-electron chi connectivity index (χ2n) is 5.67. The van der Waals surface area contributed by atoms with Crippen LogP contribution in [0.3, 0.4) is 0 Å². The highest BCUT2D eigenvalue weighted by Gasteiger charge is 2.46. The van der Waals surface area contributed by atoms with Gasteiger partial charge in [0.25, 0.3) is 0 Å². The third-order valence-electron chi connectivity index (χ3n) is 4.54. The van der Waals surface area contributed by atoms with Crippen molar-refractivity contribution in [2.75, 3.05) is 20.3 Å². The summed E-state index contributed by atoms with van der Waals surface area (Å²) in [6.07, 6.45) is 1.55. The molecule has 3 rings (SSSR count). The number of hydrogen-bond donors (Lipinski definition) is 1. The van der Waals surface area contributed by atoms with Crippen LogP contribution in [0, 0.1) is 5.92 Å². The van der Waals surface area contributed by atoms with Crippen LogP contribution in [0.15, 0.2) is 12.1 Å². The van der Waals surface area contributed by atoms with Crippen molar-refractivity contribution in [3.05, 3.63) is 27.7 Å². The van der Waals surface area contributed by atoms with E-state index in [-0.39, 0.29) is 30.4 Å². The monoisotopic (exact) mass is 329 g/mol. The van der Waals surface area contributed by atoms with Crippen LogP contribution in [0.5, 0.6) is 5.75 Å². The number of amides is 1. The Hall–Kier alpha value is -0.970. The summed E-state index contributed by atoms with van der Waals surface area (Å²) in [4.78, 5) is 14.0. The SMILES string of the molecule is COc1ccc(Cl)c(Cl)c1[C@H]1C[C@H]2CC(CO)C(=O)N2C1. The second-order valence-corrected chi connectivity index (χ2v) is 6.45. The van der Waals surface area contributed by atoms with E-state index in [1.165, 1.54) is 0 Å². The number of halogens is 2. The van der Waals surface area contributed by atoms with E-state index in [1.54, 1.807) is 13.2 Å². The zero-order chi connectivity index (χ0) is 15.1. The zero-order valence-corrected chi connectivity index (χ0v) is 13.2. The molecule has 21 heavy (non-hydrogen) atoms. The van der Waals surface area contributed by atoms with Crippen LogP contribution in [-0.4, -0.2) is 42.2 Å². The maximum atomic E-state index is 12.2. The van der Waals surface area contributed by atoms with Crippen LogP contribution in [0.1, 0.15) is 24.3 Å². The summed E-state index contributed by atoms with van der Waals surface area (Å²) in [5.74, 6) is 0.635. The predicted octanol–water partition coefficient (Wildman–Crippen LogP) is 2.70. The average Bonchev–Trinajstić information content (AvgIpc) is 3.01. The van der Waals surface area contributed by atoms with Crippen molar-refractivity contribution in [3.63, 3.8) is 0 Å². The molecule has 1 aromatic rings. The van der Waals surface area contributed by atoms with Crippen molar-refractivity contribution < 1.29 is 14.6 Å². The molecule has 2 saturated heterocycles. The Morgan fingerprint density at radius 2 is 2.14 bits per heavy atom. The van der Waals surface area contributed by atoms with E-state index in [1.807, 2.05) is 11.0 Å². The molecule has 0 saturated carbocycles. The van der Waals surface area contributed by atoms with Crippen LogP contribution in [0.4, 0.5) is 0 Å². The van der Waals surface area contributed by atoms with Crippen LogP contribution in [-0.2, 0) is 4.79 Å². The third-order valence-corrected chi connectivity index (χ3v) is 5.36. The molecule has 1 amide bonds. The van der Waals surface area contributed by atoms with E-state index < -0.39 is 0 Å². The highest BCUT2D eigenvalue weighted by Crippen LogP contribution is 2.46. The Morgan fingerprint density at radius 1 is 1.38 bits per heavy atom. The highest BCUT2D eigenvalue weighted by atomic mass is 35.5. The first-order chi connectivity index (χ1) is 10.1. The number of aliphatic hydroxyl groups is 1. The summed E-state index contributed by atoms with van der Waals surface area (Å²) < 4.78 is 5.40. The van der Waals surface area contributed by atoms with Gasteiger partial charge in [0, 0.05) is 24.1 Å². The van der Waals surface area contributed by atoms with Gasteiger partial charge in [0.2, 0.25) is 5.91 Å². The van der Waals surface area contributed by atoms with Crippen LogP contribution in [0.2, 0.25) is 10.0 Å². The molecule has 2 aliphatic rings. The van der Waals surface area contributed by atoms with Gasteiger partial charge in [-0.1, -0.05) is 23.2 Å². The number of hydrogen-bond acceptors (Lipinski definition) is 3. The molecule has 1 unspecified atom stereocenters. The molecule has 114 valence electrons. The maximum Gasteiger partial charge on any atom is 0.228 e. The third kappa shape index (κ3) is 2.39. The molecule has 0 radical (unpaired) electrons. The fourth-order valence-corrected chi connectivity index (χ4v) is 4.02. The molecule has 2 fully saturated rings. The summed E-state index contributed by atoms with van der Waals surface area (Å²) in [7, 11) is 1.60. The summed E-state index contributed by atoms with van der Waals surface area (Å²) in [6.45, 7) is 0.536. The van der Waals surface area contributed by atoms with Gasteiger partial charge in [-0.25, -0.2) is 0 Å². The van der Waals surface area contributed by atoms with E-state index in [2.05, 4.69) is 0 Å². The molecular weight excluding hydrogens is 313 g/mol. The van der Waals surface area contributed by atoms with Crippen molar-refractivity contribution in [3.8, 4) is 5.75 Å². The van der Waals surface area contributed by atoms with Gasteiger partial charge in [-0.15, -0.1) is 0 Å². The minimum atomic E-state index is -0.243. The van der Waals surface area contributed by atoms with Crippen molar-refractivity contribution in [2.24, 2.45) is 5.92 Å². The summed E-state index contributed by atoms with van der Waals surface area (Å²) in [5.41, 5.74) is 0.884. The Bertz CT molecular complexity index is 578. The van der Waals surface area contributed by atoms with Crippen molar-refractivity contribution in [1.82, 2.24) is 4.90 Å². The molecule has 4 nitrogen and oxygen atoms in total. The molecule has 0 aliphatic carbocycles. The largest absolute Gasteiger partial charge is 0.496 e. The van der Waals surface area contributed by atoms with Gasteiger partial charge in [0.05, 0.1) is 29.7 Å². The Balaban J connectivity index is 1.89. The number of aliphatic hydroxyl groups excluding tert-OH is 1. The minimum absolute atomic E-state index is 0.0436. The molecule has 2 aliphatic heterocycles. The number of nitrogens with zero attached hydrogens (tertiary/aromatic N) is 1. The lowest BCUT2D eigenvalue weighted by atomic mass is 9.92. The van der Waals surface area contributed by atoms with Crippen LogP contribution in [0.25, 0.3) is 0 Å². The van der Waals surface area contributed by atoms with Gasteiger partial charge in [-0.3, -0.25) is 4.79 Å². The molecule has 0 bridgehead atoms. The van der Waals surface area contributed by atoms with Gasteiger partial charge < -0.3 is 14.7 Å². The average molecular weight is 330 g/mol. The molecule has 1 aromatic carbocycles. The van der Waals surface area contributed by atoms with E-state index >= 15 is 0 Å². The number of benzene rings is 1. The molecule has 2 heterocycles. The van der Waals surface area contributed by atoms with E-state index in [0.29, 0.717) is 28.8 Å². The quantitative estimate of drug-likeness (QED) is 0.927. The van der Waals surface area contributed by atoms with Gasteiger partial charge >= 0.3 is 0 Å². The highest BCUT2D eigenvalue weighted by molar-refractivity contribution is 6.42.